The molecular formula is C21H25BrN2O3. The van der Waals surface area contributed by atoms with Crippen molar-refractivity contribution < 1.29 is 14.3 Å². The van der Waals surface area contributed by atoms with Crippen LogP contribution in [-0.4, -0.2) is 25.0 Å². The monoisotopic (exact) mass is 432 g/mol. The van der Waals surface area contributed by atoms with Crippen LogP contribution in [0.1, 0.15) is 43.6 Å². The van der Waals surface area contributed by atoms with Crippen LogP contribution in [-0.2, 0) is 10.2 Å². The van der Waals surface area contributed by atoms with Gasteiger partial charge in [0.1, 0.15) is 5.75 Å². The number of benzene rings is 2. The molecule has 27 heavy (non-hydrogen) atoms. The van der Waals surface area contributed by atoms with Gasteiger partial charge in [0.25, 0.3) is 11.8 Å². The Labute approximate surface area is 168 Å². The first-order valence-electron chi connectivity index (χ1n) is 8.82. The summed E-state index contributed by atoms with van der Waals surface area (Å²) in [5.74, 6) is 0.0311. The fourth-order valence-electron chi connectivity index (χ4n) is 2.46. The molecule has 2 N–H and O–H groups in total. The zero-order chi connectivity index (χ0) is 20.0. The summed E-state index contributed by atoms with van der Waals surface area (Å²) in [6, 6.07) is 12.7. The Hall–Kier alpha value is -2.34. The van der Waals surface area contributed by atoms with Gasteiger partial charge in [-0.25, -0.2) is 0 Å². The van der Waals surface area contributed by atoms with Crippen molar-refractivity contribution >= 4 is 33.4 Å². The number of halogens is 1. The number of ether oxygens (including phenoxy) is 1. The van der Waals surface area contributed by atoms with Crippen molar-refractivity contribution in [3.8, 4) is 5.75 Å². The molecule has 2 amide bonds. The molecule has 0 spiro atoms. The van der Waals surface area contributed by atoms with E-state index < -0.39 is 0 Å². The Morgan fingerprint density at radius 2 is 1.81 bits per heavy atom. The molecule has 0 aliphatic heterocycles. The average Bonchev–Trinajstić information content (AvgIpc) is 2.60. The number of hydrogen-bond acceptors (Lipinski definition) is 3. The van der Waals surface area contributed by atoms with Crippen LogP contribution in [0, 0.1) is 0 Å². The highest BCUT2D eigenvalue weighted by molar-refractivity contribution is 9.10. The van der Waals surface area contributed by atoms with E-state index in [0.717, 1.165) is 4.47 Å². The van der Waals surface area contributed by atoms with Crippen molar-refractivity contribution in [2.24, 2.45) is 0 Å². The van der Waals surface area contributed by atoms with Gasteiger partial charge >= 0.3 is 0 Å². The van der Waals surface area contributed by atoms with E-state index in [1.807, 2.05) is 25.1 Å². The van der Waals surface area contributed by atoms with Crippen molar-refractivity contribution in [3.63, 3.8) is 0 Å². The minimum Gasteiger partial charge on any atom is -0.483 e. The Balaban J connectivity index is 2.03. The lowest BCUT2D eigenvalue weighted by Gasteiger charge is -2.20. The number of anilines is 1. The summed E-state index contributed by atoms with van der Waals surface area (Å²) in [5, 5.41) is 5.47. The largest absolute Gasteiger partial charge is 0.483 e. The van der Waals surface area contributed by atoms with Gasteiger partial charge in [0.2, 0.25) is 0 Å². The predicted molar refractivity (Wildman–Crippen MR) is 111 cm³/mol. The third-order valence-electron chi connectivity index (χ3n) is 3.94. The van der Waals surface area contributed by atoms with Crippen LogP contribution in [0.3, 0.4) is 0 Å². The maximum Gasteiger partial charge on any atom is 0.262 e. The molecular weight excluding hydrogens is 408 g/mol. The number of rotatable bonds is 6. The van der Waals surface area contributed by atoms with Crippen LogP contribution in [0.5, 0.6) is 5.75 Å². The zero-order valence-electron chi connectivity index (χ0n) is 16.1. The van der Waals surface area contributed by atoms with E-state index in [4.69, 9.17) is 4.74 Å². The number of hydrogen-bond donors (Lipinski definition) is 2. The number of carbonyl (C=O) groups is 2. The molecule has 0 saturated carbocycles. The molecule has 0 fully saturated rings. The summed E-state index contributed by atoms with van der Waals surface area (Å²) < 4.78 is 6.42. The Bertz CT molecular complexity index is 828. The van der Waals surface area contributed by atoms with Crippen molar-refractivity contribution in [3.05, 3.63) is 58.1 Å². The van der Waals surface area contributed by atoms with Crippen LogP contribution >= 0.6 is 15.9 Å². The van der Waals surface area contributed by atoms with Gasteiger partial charge in [-0.1, -0.05) is 39.0 Å². The van der Waals surface area contributed by atoms with Crippen molar-refractivity contribution in [1.82, 2.24) is 5.32 Å². The quantitative estimate of drug-likeness (QED) is 0.704. The molecule has 0 saturated heterocycles. The maximum absolute atomic E-state index is 12.3. The highest BCUT2D eigenvalue weighted by atomic mass is 79.9. The number of para-hydroxylation sites is 1. The van der Waals surface area contributed by atoms with Gasteiger partial charge in [0.05, 0.1) is 15.7 Å². The van der Waals surface area contributed by atoms with Gasteiger partial charge < -0.3 is 15.4 Å². The molecule has 2 aromatic carbocycles. The van der Waals surface area contributed by atoms with E-state index in [9.17, 15) is 9.59 Å². The second-order valence-corrected chi connectivity index (χ2v) is 7.99. The second-order valence-electron chi connectivity index (χ2n) is 7.14. The molecule has 144 valence electrons. The van der Waals surface area contributed by atoms with Crippen LogP contribution in [0.15, 0.2) is 46.9 Å². The minimum atomic E-state index is -0.335. The Morgan fingerprint density at radius 1 is 1.11 bits per heavy atom. The fraction of sp³-hybridized carbons (Fsp3) is 0.333. The molecule has 2 aromatic rings. The van der Waals surface area contributed by atoms with Gasteiger partial charge in [-0.3, -0.25) is 9.59 Å². The number of amides is 2. The molecule has 2 rings (SSSR count). The lowest BCUT2D eigenvalue weighted by molar-refractivity contribution is -0.118. The number of nitrogens with one attached hydrogen (secondary N) is 2. The van der Waals surface area contributed by atoms with E-state index in [1.165, 1.54) is 5.56 Å². The summed E-state index contributed by atoms with van der Waals surface area (Å²) in [6.07, 6.45) is 0. The molecule has 0 atom stereocenters. The summed E-state index contributed by atoms with van der Waals surface area (Å²) in [4.78, 5) is 24.4. The van der Waals surface area contributed by atoms with Gasteiger partial charge in [0, 0.05) is 6.54 Å². The van der Waals surface area contributed by atoms with Crippen LogP contribution in [0.2, 0.25) is 0 Å². The van der Waals surface area contributed by atoms with Gasteiger partial charge in [-0.15, -0.1) is 0 Å². The van der Waals surface area contributed by atoms with E-state index in [0.29, 0.717) is 23.5 Å². The first-order valence-corrected chi connectivity index (χ1v) is 9.61. The molecule has 0 aliphatic carbocycles. The Kier molecular flexibility index (Phi) is 7.02. The summed E-state index contributed by atoms with van der Waals surface area (Å²) in [6.45, 7) is 8.61. The lowest BCUT2D eigenvalue weighted by Crippen LogP contribution is -2.26. The second kappa shape index (κ2) is 9.04. The molecule has 6 heteroatoms. The first kappa shape index (κ1) is 21.0. The topological polar surface area (TPSA) is 67.4 Å². The van der Waals surface area contributed by atoms with E-state index in [2.05, 4.69) is 47.3 Å². The fourth-order valence-corrected chi connectivity index (χ4v) is 2.95. The van der Waals surface area contributed by atoms with E-state index >= 15 is 0 Å². The highest BCUT2D eigenvalue weighted by Crippen LogP contribution is 2.31. The Morgan fingerprint density at radius 3 is 2.44 bits per heavy atom. The SMILES string of the molecule is CCNC(=O)c1ccccc1NC(=O)COc1ccc(C(C)(C)C)cc1Br. The molecule has 5 nitrogen and oxygen atoms in total. The number of carbonyl (C=O) groups excluding carboxylic acids is 2. The minimum absolute atomic E-state index is 0.0290. The molecule has 0 aromatic heterocycles. The predicted octanol–water partition coefficient (Wildman–Crippen LogP) is 4.51. The van der Waals surface area contributed by atoms with Crippen LogP contribution in [0.25, 0.3) is 0 Å². The maximum atomic E-state index is 12.3. The van der Waals surface area contributed by atoms with Crippen molar-refractivity contribution in [1.29, 1.82) is 0 Å². The van der Waals surface area contributed by atoms with Crippen molar-refractivity contribution in [2.45, 2.75) is 33.1 Å². The van der Waals surface area contributed by atoms with Crippen molar-refractivity contribution in [2.75, 3.05) is 18.5 Å². The molecule has 0 unspecified atom stereocenters. The molecule has 0 bridgehead atoms. The summed E-state index contributed by atoms with van der Waals surface area (Å²) in [5.41, 5.74) is 2.07. The molecule has 0 heterocycles. The van der Waals surface area contributed by atoms with Crippen LogP contribution in [0.4, 0.5) is 5.69 Å². The zero-order valence-corrected chi connectivity index (χ0v) is 17.6. The molecule has 0 aliphatic rings. The first-order chi connectivity index (χ1) is 12.7. The van der Waals surface area contributed by atoms with Gasteiger partial charge in [0.15, 0.2) is 6.61 Å². The summed E-state index contributed by atoms with van der Waals surface area (Å²) in [7, 11) is 0. The standard InChI is InChI=1S/C21H25BrN2O3/c1-5-23-20(26)15-8-6-7-9-17(15)24-19(25)13-27-18-11-10-14(12-16(18)22)21(2,3)4/h6-12H,5,13H2,1-4H3,(H,23,26)(H,24,25). The molecule has 0 radical (unpaired) electrons. The van der Waals surface area contributed by atoms with Crippen LogP contribution < -0.4 is 15.4 Å². The lowest BCUT2D eigenvalue weighted by atomic mass is 9.87. The average molecular weight is 433 g/mol. The van der Waals surface area contributed by atoms with Gasteiger partial charge in [-0.05, 0) is 58.1 Å². The smallest absolute Gasteiger partial charge is 0.262 e. The van der Waals surface area contributed by atoms with E-state index in [1.54, 1.807) is 24.3 Å². The van der Waals surface area contributed by atoms with E-state index in [-0.39, 0.29) is 23.8 Å². The normalized spacial score (nSPS) is 11.0. The third kappa shape index (κ3) is 5.82. The summed E-state index contributed by atoms with van der Waals surface area (Å²) >= 11 is 3.49. The highest BCUT2D eigenvalue weighted by Gasteiger charge is 2.16. The third-order valence-corrected chi connectivity index (χ3v) is 4.56. The van der Waals surface area contributed by atoms with Gasteiger partial charge in [-0.2, -0.15) is 0 Å².